The van der Waals surface area contributed by atoms with Gasteiger partial charge in [-0.3, -0.25) is 0 Å². The molecule has 0 atom stereocenters. The van der Waals surface area contributed by atoms with Crippen LogP contribution in [-0.2, 0) is 37.1 Å². The van der Waals surface area contributed by atoms with Crippen LogP contribution in [0.1, 0.15) is 11.4 Å². The molecule has 4 heterocycles. The van der Waals surface area contributed by atoms with Crippen LogP contribution in [0.25, 0.3) is 11.4 Å². The van der Waals surface area contributed by atoms with E-state index in [2.05, 4.69) is 60.0 Å². The molecule has 0 unspecified atom stereocenters. The maximum atomic E-state index is 12.6. The van der Waals surface area contributed by atoms with Gasteiger partial charge in [-0.05, 0) is 98.8 Å². The van der Waals surface area contributed by atoms with Crippen molar-refractivity contribution in [3.05, 3.63) is 158 Å². The first-order valence-corrected chi connectivity index (χ1v) is 21.1. The van der Waals surface area contributed by atoms with Crippen LogP contribution in [0.15, 0.2) is 176 Å². The summed E-state index contributed by atoms with van der Waals surface area (Å²) in [7, 11) is -7.70. The van der Waals surface area contributed by atoms with Gasteiger partial charge in [-0.1, -0.05) is 36.4 Å². The van der Waals surface area contributed by atoms with E-state index in [0.29, 0.717) is 34.1 Å². The third kappa shape index (κ3) is 11.0. The van der Waals surface area contributed by atoms with Crippen molar-refractivity contribution in [1.82, 2.24) is 39.5 Å². The summed E-state index contributed by atoms with van der Waals surface area (Å²) >= 11 is 0. The Balaban J connectivity index is 0.000000206. The standard InChI is InChI=1S/2C20H17N7O3S.Cu/c2*1-14-18(19(28)27(25-14)16-6-3-2-4-7-16)24-23-15-8-10-17(11-9-15)31(29,30)26-20-21-12-5-13-22-20;/h2*2-13,28H,1H3,(H,21,22,26);/q;;+2/p-2. The fraction of sp³-hybridized carbons (Fsp3) is 0.0500. The first-order valence-electron chi connectivity index (χ1n) is 18.2. The Kier molecular flexibility index (Phi) is 14.1. The molecule has 0 fully saturated rings. The molecule has 0 saturated carbocycles. The molecule has 0 aliphatic heterocycles. The van der Waals surface area contributed by atoms with Crippen molar-refractivity contribution in [2.75, 3.05) is 9.44 Å². The average Bonchev–Trinajstić information content (AvgIpc) is 3.74. The zero-order valence-electron chi connectivity index (χ0n) is 32.8. The van der Waals surface area contributed by atoms with E-state index in [-0.39, 0.29) is 50.1 Å². The van der Waals surface area contributed by atoms with Crippen LogP contribution in [0.2, 0.25) is 0 Å². The number of anilines is 2. The Morgan fingerprint density at radius 1 is 0.476 bits per heavy atom. The largest absolute Gasteiger partial charge is 2.00 e. The van der Waals surface area contributed by atoms with Crippen molar-refractivity contribution in [3.8, 4) is 23.1 Å². The van der Waals surface area contributed by atoms with Gasteiger partial charge in [-0.2, -0.15) is 20.4 Å². The van der Waals surface area contributed by atoms with Gasteiger partial charge in [0.2, 0.25) is 11.9 Å². The molecule has 4 aromatic heterocycles. The molecule has 0 amide bonds. The van der Waals surface area contributed by atoms with Gasteiger partial charge >= 0.3 is 17.1 Å². The van der Waals surface area contributed by atoms with E-state index >= 15 is 0 Å². The normalized spacial score (nSPS) is 11.5. The van der Waals surface area contributed by atoms with Gasteiger partial charge in [-0.25, -0.2) is 55.6 Å². The minimum Gasteiger partial charge on any atom is -0.857 e. The van der Waals surface area contributed by atoms with E-state index < -0.39 is 31.8 Å². The summed E-state index contributed by atoms with van der Waals surface area (Å²) in [5.74, 6) is -0.835. The number of azo groups is 2. The molecule has 0 aliphatic carbocycles. The van der Waals surface area contributed by atoms with Gasteiger partial charge in [0.1, 0.15) is 11.4 Å². The third-order valence-electron chi connectivity index (χ3n) is 8.38. The molecular formula is C40H32CuN14O6S2. The fourth-order valence-corrected chi connectivity index (χ4v) is 7.29. The number of nitrogens with zero attached hydrogens (tertiary/aromatic N) is 12. The topological polar surface area (TPSA) is 275 Å². The number of nitrogens with one attached hydrogen (secondary N) is 2. The minimum atomic E-state index is -3.85. The Hall–Kier alpha value is -7.72. The summed E-state index contributed by atoms with van der Waals surface area (Å²) < 4.78 is 56.8. The molecular weight excluding hydrogens is 900 g/mol. The van der Waals surface area contributed by atoms with Crippen LogP contribution in [0.5, 0.6) is 11.8 Å². The van der Waals surface area contributed by atoms with Crippen molar-refractivity contribution in [2.24, 2.45) is 20.5 Å². The quantitative estimate of drug-likeness (QED) is 0.0979. The van der Waals surface area contributed by atoms with E-state index in [9.17, 15) is 27.0 Å². The predicted molar refractivity (Wildman–Crippen MR) is 222 cm³/mol. The van der Waals surface area contributed by atoms with E-state index in [1.807, 2.05) is 12.1 Å². The maximum absolute atomic E-state index is 12.6. The first-order chi connectivity index (χ1) is 29.9. The van der Waals surface area contributed by atoms with Crippen molar-refractivity contribution >= 4 is 54.7 Å². The van der Waals surface area contributed by atoms with Gasteiger partial charge in [0.25, 0.3) is 20.0 Å². The summed E-state index contributed by atoms with van der Waals surface area (Å²) in [5.41, 5.74) is 3.10. The fourth-order valence-electron chi connectivity index (χ4n) is 5.38. The van der Waals surface area contributed by atoms with Gasteiger partial charge in [0.15, 0.2) is 0 Å². The molecule has 0 spiro atoms. The van der Waals surface area contributed by atoms with E-state index in [4.69, 9.17) is 0 Å². The van der Waals surface area contributed by atoms with Gasteiger partial charge in [0.05, 0.1) is 43.9 Å². The maximum Gasteiger partial charge on any atom is 2.00 e. The van der Waals surface area contributed by atoms with Crippen molar-refractivity contribution in [3.63, 3.8) is 0 Å². The number of hydrogen-bond acceptors (Lipinski definition) is 16. The summed E-state index contributed by atoms with van der Waals surface area (Å²) in [6.45, 7) is 3.34. The first kappa shape index (κ1) is 44.8. The summed E-state index contributed by atoms with van der Waals surface area (Å²) in [6, 6.07) is 32.5. The number of aromatic nitrogens is 8. The molecule has 0 saturated heterocycles. The molecule has 0 aliphatic rings. The summed E-state index contributed by atoms with van der Waals surface area (Å²) in [5, 5.41) is 49.8. The molecule has 0 bridgehead atoms. The Labute approximate surface area is 370 Å². The molecule has 8 aromatic rings. The number of sulfonamides is 2. The van der Waals surface area contributed by atoms with E-state index in [1.54, 1.807) is 74.5 Å². The molecule has 20 nitrogen and oxygen atoms in total. The van der Waals surface area contributed by atoms with Crippen LogP contribution in [0.3, 0.4) is 0 Å². The zero-order chi connectivity index (χ0) is 43.7. The predicted octanol–water partition coefficient (Wildman–Crippen LogP) is 6.52. The van der Waals surface area contributed by atoms with Crippen LogP contribution < -0.4 is 19.7 Å². The van der Waals surface area contributed by atoms with Crippen LogP contribution >= 0.6 is 0 Å². The van der Waals surface area contributed by atoms with E-state index in [1.165, 1.54) is 82.7 Å². The molecule has 63 heavy (non-hydrogen) atoms. The number of hydrogen-bond donors (Lipinski definition) is 2. The number of para-hydroxylation sites is 2. The molecule has 321 valence electrons. The number of aryl methyl sites for hydroxylation is 2. The minimum absolute atomic E-state index is 0. The van der Waals surface area contributed by atoms with Gasteiger partial charge in [-0.15, -0.1) is 10.2 Å². The summed E-state index contributed by atoms with van der Waals surface area (Å²) in [6.07, 6.45) is 5.72. The van der Waals surface area contributed by atoms with E-state index in [0.717, 1.165) is 0 Å². The van der Waals surface area contributed by atoms with Crippen molar-refractivity contribution in [2.45, 2.75) is 23.6 Å². The van der Waals surface area contributed by atoms with Gasteiger partial charge < -0.3 is 10.2 Å². The van der Waals surface area contributed by atoms with Crippen LogP contribution in [-0.4, -0.2) is 56.3 Å². The monoisotopic (exact) mass is 931 g/mol. The second-order valence-electron chi connectivity index (χ2n) is 12.7. The van der Waals surface area contributed by atoms with Crippen LogP contribution in [0.4, 0.5) is 34.6 Å². The van der Waals surface area contributed by atoms with Crippen LogP contribution in [0, 0.1) is 13.8 Å². The molecule has 2 N–H and O–H groups in total. The second kappa shape index (κ2) is 19.8. The Bertz CT molecular complexity index is 2860. The third-order valence-corrected chi connectivity index (χ3v) is 11.1. The molecule has 8 rings (SSSR count). The molecule has 23 heteroatoms. The average molecular weight is 932 g/mol. The van der Waals surface area contributed by atoms with Gasteiger partial charge in [0, 0.05) is 36.5 Å². The van der Waals surface area contributed by atoms with Crippen molar-refractivity contribution < 1.29 is 44.1 Å². The molecule has 1 radical (unpaired) electrons. The SMILES string of the molecule is Cc1nn(-c2ccccc2)c([O-])c1N=Nc1ccc(S(=O)(=O)Nc2ncccn2)cc1.Cc1nn(-c2ccccc2)c([O-])c1N=Nc1ccc(S(=O)(=O)Nc2ncccn2)cc1.[Cu+2]. The smallest absolute Gasteiger partial charge is 0.857 e. The molecule has 4 aromatic carbocycles. The number of rotatable bonds is 12. The number of benzene rings is 4. The Morgan fingerprint density at radius 2 is 0.810 bits per heavy atom. The van der Waals surface area contributed by atoms with Crippen molar-refractivity contribution in [1.29, 1.82) is 0 Å². The summed E-state index contributed by atoms with van der Waals surface area (Å²) in [4.78, 5) is 15.4. The zero-order valence-corrected chi connectivity index (χ0v) is 35.4. The second-order valence-corrected chi connectivity index (χ2v) is 16.1. The Morgan fingerprint density at radius 3 is 1.14 bits per heavy atom.